The average molecular weight is 1100 g/mol. The molecular weight excluding hydrogens is 1040 g/mol. The highest BCUT2D eigenvalue weighted by molar-refractivity contribution is 6.11. The summed E-state index contributed by atoms with van der Waals surface area (Å²) in [5.74, 6) is 2.98. The fourth-order valence-corrected chi connectivity index (χ4v) is 12.8. The molecule has 0 radical (unpaired) electrons. The Morgan fingerprint density at radius 1 is 0.630 bits per heavy atom. The minimum atomic E-state index is -5.14. The van der Waals surface area contributed by atoms with Gasteiger partial charge in [0.2, 0.25) is 0 Å². The highest BCUT2D eigenvalue weighted by Gasteiger charge is 2.50. The Morgan fingerprint density at radius 3 is 1.78 bits per heavy atom. The topological polar surface area (TPSA) is 66.0 Å². The number of unbranched alkanes of at least 4 members (excludes halogenated alkanes) is 2. The summed E-state index contributed by atoms with van der Waals surface area (Å²) in [4.78, 5) is 13.7. The van der Waals surface area contributed by atoms with Gasteiger partial charge in [0.15, 0.2) is 5.60 Å². The SMILES string of the molecule is CCCCC[C@H]1CC[C@H](c2ccc(-c3ccc(C(=O)Nc4ccc(-c5cc6c7c(c8c(c6cc5OC)OC(c5ccc(OC)cc5)(c5ccc(OC)cc5)C=C8)C(C)(C)c5c-7cc(C(F)(F)F)cc5C(F)(F)F)cc4)cc3)cc2)CC1. The third kappa shape index (κ3) is 10.2. The number of alkyl halides is 6. The van der Waals surface area contributed by atoms with Crippen LogP contribution in [0.4, 0.5) is 32.0 Å². The zero-order valence-corrected chi connectivity index (χ0v) is 46.1. The number of anilines is 1. The van der Waals surface area contributed by atoms with Crippen LogP contribution in [0.15, 0.2) is 152 Å². The minimum absolute atomic E-state index is 0.179. The van der Waals surface area contributed by atoms with E-state index >= 15 is 13.2 Å². The minimum Gasteiger partial charge on any atom is -0.497 e. The molecule has 1 fully saturated rings. The van der Waals surface area contributed by atoms with Gasteiger partial charge in [-0.2, -0.15) is 26.3 Å². The van der Waals surface area contributed by atoms with Gasteiger partial charge in [0.1, 0.15) is 23.0 Å². The number of methoxy groups -OCH3 is 3. The van der Waals surface area contributed by atoms with Crippen molar-refractivity contribution in [3.05, 3.63) is 202 Å². The van der Waals surface area contributed by atoms with Crippen LogP contribution in [-0.2, 0) is 23.4 Å². The van der Waals surface area contributed by atoms with E-state index in [1.165, 1.54) is 64.0 Å². The van der Waals surface area contributed by atoms with Gasteiger partial charge >= 0.3 is 12.4 Å². The zero-order valence-electron chi connectivity index (χ0n) is 46.1. The second-order valence-corrected chi connectivity index (χ2v) is 22.2. The van der Waals surface area contributed by atoms with Gasteiger partial charge in [-0.25, -0.2) is 0 Å². The van der Waals surface area contributed by atoms with Crippen molar-refractivity contribution in [2.45, 2.75) is 101 Å². The molecule has 0 bridgehead atoms. The number of ether oxygens (including phenoxy) is 4. The molecule has 1 heterocycles. The number of nitrogens with one attached hydrogen (secondary N) is 1. The summed E-state index contributed by atoms with van der Waals surface area (Å²) in [5.41, 5.74) is 1.85. The van der Waals surface area contributed by atoms with E-state index in [0.717, 1.165) is 23.1 Å². The summed E-state index contributed by atoms with van der Waals surface area (Å²) in [6, 6.07) is 42.5. The second kappa shape index (κ2) is 21.5. The third-order valence-electron chi connectivity index (χ3n) is 17.1. The molecule has 12 heteroatoms. The van der Waals surface area contributed by atoms with E-state index in [1.54, 1.807) is 107 Å². The highest BCUT2D eigenvalue weighted by atomic mass is 19.4. The van der Waals surface area contributed by atoms with Gasteiger partial charge in [-0.15, -0.1) is 0 Å². The Hall–Kier alpha value is -7.99. The predicted molar refractivity (Wildman–Crippen MR) is 309 cm³/mol. The maximum Gasteiger partial charge on any atom is 0.416 e. The lowest BCUT2D eigenvalue weighted by molar-refractivity contribution is -0.143. The number of amides is 1. The largest absolute Gasteiger partial charge is 0.497 e. The van der Waals surface area contributed by atoms with Gasteiger partial charge < -0.3 is 24.3 Å². The molecule has 8 aromatic rings. The standard InChI is InChI=1S/C69H63F6NO5/c1-7-8-9-10-41-11-13-42(14-12-41)43-15-17-44(18-16-43)45-19-21-47(22-20-45)65(77)76-51-29-23-46(24-30-51)55-39-56-57(40-60(55)80-6)64-54(63-61(56)58-37-50(68(70,71)72)38-59(69(73,74)75)62(58)66(63,2)3)35-36-67(81-64,48-25-31-52(78-4)32-26-48)49-27-33-53(79-5)34-28-49/h15-42H,7-14H2,1-6H3,(H,76,77)/t41-,42-. The molecular formula is C69H63F6NO5. The zero-order chi connectivity index (χ0) is 57.0. The lowest BCUT2D eigenvalue weighted by Crippen LogP contribution is -2.35. The van der Waals surface area contributed by atoms with Gasteiger partial charge in [-0.05, 0) is 166 Å². The quantitative estimate of drug-likeness (QED) is 0.0868. The Balaban J connectivity index is 0.954. The maximum atomic E-state index is 15.3. The van der Waals surface area contributed by atoms with E-state index in [4.69, 9.17) is 18.9 Å². The van der Waals surface area contributed by atoms with Gasteiger partial charge in [0.05, 0.1) is 32.5 Å². The van der Waals surface area contributed by atoms with E-state index in [2.05, 4.69) is 36.5 Å². The predicted octanol–water partition coefficient (Wildman–Crippen LogP) is 19.0. The van der Waals surface area contributed by atoms with Crippen molar-refractivity contribution in [2.24, 2.45) is 5.92 Å². The fourth-order valence-electron chi connectivity index (χ4n) is 12.8. The van der Waals surface area contributed by atoms with Gasteiger partial charge in [-0.3, -0.25) is 4.79 Å². The lowest BCUT2D eigenvalue weighted by Gasteiger charge is -2.38. The van der Waals surface area contributed by atoms with E-state index in [-0.39, 0.29) is 34.4 Å². The molecule has 6 nitrogen and oxygen atoms in total. The third-order valence-corrected chi connectivity index (χ3v) is 17.1. The van der Waals surface area contributed by atoms with Crippen molar-refractivity contribution in [3.8, 4) is 56.4 Å². The first kappa shape index (κ1) is 54.9. The van der Waals surface area contributed by atoms with Crippen LogP contribution in [0.2, 0.25) is 0 Å². The second-order valence-electron chi connectivity index (χ2n) is 22.2. The number of fused-ring (bicyclic) bond motifs is 8. The molecule has 0 unspecified atom stereocenters. The molecule has 1 aliphatic heterocycles. The Bertz CT molecular complexity index is 3620. The number of hydrogen-bond donors (Lipinski definition) is 1. The molecule has 11 rings (SSSR count). The first-order chi connectivity index (χ1) is 38.8. The van der Waals surface area contributed by atoms with E-state index in [9.17, 15) is 18.0 Å². The summed E-state index contributed by atoms with van der Waals surface area (Å²) < 4.78 is 115. The lowest BCUT2D eigenvalue weighted by atomic mass is 9.75. The Morgan fingerprint density at radius 2 is 1.22 bits per heavy atom. The van der Waals surface area contributed by atoms with Crippen LogP contribution < -0.4 is 24.3 Å². The van der Waals surface area contributed by atoms with Gasteiger partial charge in [0, 0.05) is 44.3 Å². The molecule has 416 valence electrons. The normalized spacial score (nSPS) is 16.9. The molecule has 0 saturated heterocycles. The maximum absolute atomic E-state index is 15.3. The first-order valence-electron chi connectivity index (χ1n) is 27.7. The van der Waals surface area contributed by atoms with Crippen molar-refractivity contribution in [1.29, 1.82) is 0 Å². The van der Waals surface area contributed by atoms with Crippen molar-refractivity contribution in [2.75, 3.05) is 26.6 Å². The summed E-state index contributed by atoms with van der Waals surface area (Å²) in [7, 11) is 4.61. The first-order valence-corrected chi connectivity index (χ1v) is 27.7. The van der Waals surface area contributed by atoms with Crippen molar-refractivity contribution in [1.82, 2.24) is 0 Å². The number of carbonyl (C=O) groups is 1. The van der Waals surface area contributed by atoms with Crippen LogP contribution in [0.5, 0.6) is 23.0 Å². The fraction of sp³-hybridized carbons (Fsp3) is 0.290. The number of rotatable bonds is 14. The van der Waals surface area contributed by atoms with E-state index in [1.807, 2.05) is 42.5 Å². The molecule has 0 spiro atoms. The summed E-state index contributed by atoms with van der Waals surface area (Å²) in [6.45, 7) is 5.48. The average Bonchev–Trinajstić information content (AvgIpc) is 3.18. The summed E-state index contributed by atoms with van der Waals surface area (Å²) in [5, 5.41) is 3.74. The van der Waals surface area contributed by atoms with Crippen LogP contribution in [-0.4, -0.2) is 27.2 Å². The van der Waals surface area contributed by atoms with Crippen molar-refractivity contribution >= 4 is 28.4 Å². The Kier molecular flexibility index (Phi) is 14.6. The van der Waals surface area contributed by atoms with Crippen LogP contribution in [0.1, 0.15) is 133 Å². The Labute approximate surface area is 468 Å². The molecule has 0 atom stereocenters. The molecule has 2 aliphatic carbocycles. The van der Waals surface area contributed by atoms with Crippen molar-refractivity contribution in [3.63, 3.8) is 0 Å². The number of carbonyl (C=O) groups excluding carboxylic acids is 1. The van der Waals surface area contributed by atoms with Crippen LogP contribution in [0.25, 0.3) is 50.2 Å². The van der Waals surface area contributed by atoms with Gasteiger partial charge in [0.25, 0.3) is 5.91 Å². The number of hydrogen-bond acceptors (Lipinski definition) is 5. The van der Waals surface area contributed by atoms with E-state index in [0.29, 0.717) is 78.6 Å². The monoisotopic (exact) mass is 1100 g/mol. The van der Waals surface area contributed by atoms with Crippen LogP contribution in [0.3, 0.4) is 0 Å². The molecule has 1 amide bonds. The van der Waals surface area contributed by atoms with E-state index < -0.39 is 34.5 Å². The molecule has 1 N–H and O–H groups in total. The number of halogens is 6. The van der Waals surface area contributed by atoms with Gasteiger partial charge in [-0.1, -0.05) is 125 Å². The molecule has 8 aromatic carbocycles. The molecule has 1 saturated carbocycles. The van der Waals surface area contributed by atoms with Crippen LogP contribution >= 0.6 is 0 Å². The summed E-state index contributed by atoms with van der Waals surface area (Å²) >= 11 is 0. The summed E-state index contributed by atoms with van der Waals surface area (Å²) in [6.07, 6.45) is 3.75. The van der Waals surface area contributed by atoms with Crippen LogP contribution in [0, 0.1) is 5.92 Å². The molecule has 3 aliphatic rings. The van der Waals surface area contributed by atoms with Crippen molar-refractivity contribution < 1.29 is 50.1 Å². The molecule has 0 aromatic heterocycles. The highest BCUT2D eigenvalue weighted by Crippen LogP contribution is 2.62. The smallest absolute Gasteiger partial charge is 0.416 e. The number of benzene rings is 8. The molecule has 81 heavy (non-hydrogen) atoms.